The van der Waals surface area contributed by atoms with E-state index in [9.17, 15) is 22.8 Å². The third kappa shape index (κ3) is 3.56. The van der Waals surface area contributed by atoms with Gasteiger partial charge in [0.2, 0.25) is 11.7 Å². The zero-order valence-electron chi connectivity index (χ0n) is 18.1. The van der Waals surface area contributed by atoms with E-state index in [1.54, 1.807) is 6.07 Å². The van der Waals surface area contributed by atoms with Gasteiger partial charge in [-0.1, -0.05) is 28.6 Å². The summed E-state index contributed by atoms with van der Waals surface area (Å²) in [7, 11) is 0. The molecule has 0 radical (unpaired) electrons. The number of aromatic nitrogens is 2. The van der Waals surface area contributed by atoms with Gasteiger partial charge in [-0.3, -0.25) is 14.6 Å². The summed E-state index contributed by atoms with van der Waals surface area (Å²) in [5.74, 6) is -0.930. The lowest BCUT2D eigenvalue weighted by molar-refractivity contribution is -0.137. The summed E-state index contributed by atoms with van der Waals surface area (Å²) in [4.78, 5) is 31.5. The first kappa shape index (κ1) is 21.4. The number of halogens is 3. The Balaban J connectivity index is 1.22. The van der Waals surface area contributed by atoms with Crippen LogP contribution in [0.5, 0.6) is 0 Å². The van der Waals surface area contributed by atoms with Crippen molar-refractivity contribution in [2.24, 2.45) is 10.3 Å². The van der Waals surface area contributed by atoms with Crippen LogP contribution in [0.1, 0.15) is 29.0 Å². The van der Waals surface area contributed by atoms with Crippen molar-refractivity contribution in [3.63, 3.8) is 0 Å². The Hall–Kier alpha value is -4.09. The van der Waals surface area contributed by atoms with Crippen molar-refractivity contribution in [2.45, 2.75) is 44.1 Å². The van der Waals surface area contributed by atoms with E-state index in [2.05, 4.69) is 20.5 Å². The number of carbonyl (C=O) groups excluding carboxylic acids is 2. The maximum absolute atomic E-state index is 13.2. The highest BCUT2D eigenvalue weighted by atomic mass is 19.4. The molecular formula is C23H17F3N6O3. The van der Waals surface area contributed by atoms with Crippen molar-refractivity contribution in [2.75, 3.05) is 4.90 Å². The number of hydrogen-bond acceptors (Lipinski definition) is 8. The van der Waals surface area contributed by atoms with Crippen molar-refractivity contribution in [1.82, 2.24) is 15.1 Å². The summed E-state index contributed by atoms with van der Waals surface area (Å²) in [5.41, 5.74) is 2.16. The molecule has 0 N–H and O–H groups in total. The number of nitrogens with zero attached hydrogens (tertiary/aromatic N) is 6. The molecule has 0 unspecified atom stereocenters. The third-order valence-electron chi connectivity index (χ3n) is 6.41. The first-order valence-electron chi connectivity index (χ1n) is 11.0. The number of benzene rings is 2. The molecule has 2 aromatic carbocycles. The van der Waals surface area contributed by atoms with Crippen LogP contribution in [0.25, 0.3) is 11.4 Å². The van der Waals surface area contributed by atoms with Crippen LogP contribution in [0, 0.1) is 0 Å². The Morgan fingerprint density at radius 1 is 1.03 bits per heavy atom. The minimum absolute atomic E-state index is 0.0215. The molecular weight excluding hydrogens is 465 g/mol. The smallest absolute Gasteiger partial charge is 0.337 e. The van der Waals surface area contributed by atoms with Gasteiger partial charge in [0.15, 0.2) is 12.1 Å². The minimum atomic E-state index is -4.51. The highest BCUT2D eigenvalue weighted by Gasteiger charge is 2.55. The molecule has 2 amide bonds. The topological polar surface area (TPSA) is 104 Å². The van der Waals surface area contributed by atoms with E-state index in [0.29, 0.717) is 5.69 Å². The summed E-state index contributed by atoms with van der Waals surface area (Å²) >= 11 is 0. The van der Waals surface area contributed by atoms with Crippen LogP contribution < -0.4 is 4.90 Å². The second-order valence-corrected chi connectivity index (χ2v) is 8.60. The number of alkyl halides is 3. The second-order valence-electron chi connectivity index (χ2n) is 8.60. The van der Waals surface area contributed by atoms with E-state index in [1.165, 1.54) is 22.7 Å². The molecule has 9 nitrogen and oxygen atoms in total. The second kappa shape index (κ2) is 7.72. The van der Waals surface area contributed by atoms with E-state index in [0.717, 1.165) is 41.9 Å². The summed E-state index contributed by atoms with van der Waals surface area (Å²) in [6.45, 7) is -0.131. The molecule has 178 valence electrons. The van der Waals surface area contributed by atoms with Crippen molar-refractivity contribution in [3.05, 3.63) is 65.0 Å². The Morgan fingerprint density at radius 3 is 2.69 bits per heavy atom. The molecule has 0 spiro atoms. The van der Waals surface area contributed by atoms with E-state index in [1.807, 2.05) is 12.1 Å². The zero-order chi connectivity index (χ0) is 24.3. The largest absolute Gasteiger partial charge is 0.416 e. The average Bonchev–Trinajstić information content (AvgIpc) is 3.61. The monoisotopic (exact) mass is 482 g/mol. The first-order chi connectivity index (χ1) is 16.8. The number of imide groups is 1. The quantitative estimate of drug-likeness (QED) is 0.525. The predicted octanol–water partition coefficient (Wildman–Crippen LogP) is 3.74. The van der Waals surface area contributed by atoms with Crippen LogP contribution in [0.15, 0.2) is 57.3 Å². The lowest BCUT2D eigenvalue weighted by Gasteiger charge is -2.19. The molecule has 12 heteroatoms. The van der Waals surface area contributed by atoms with Crippen LogP contribution in [0.3, 0.4) is 0 Å². The Bertz CT molecular complexity index is 1380. The van der Waals surface area contributed by atoms with Gasteiger partial charge < -0.3 is 4.52 Å². The molecule has 2 atom stereocenters. The van der Waals surface area contributed by atoms with Gasteiger partial charge in [0.1, 0.15) is 6.54 Å². The van der Waals surface area contributed by atoms with Crippen LogP contribution in [0.2, 0.25) is 0 Å². The van der Waals surface area contributed by atoms with Crippen LogP contribution >= 0.6 is 0 Å². The number of rotatable bonds is 4. The fourth-order valence-electron chi connectivity index (χ4n) is 4.72. The molecule has 1 aliphatic carbocycles. The Morgan fingerprint density at radius 2 is 1.86 bits per heavy atom. The molecule has 3 heterocycles. The molecule has 0 bridgehead atoms. The highest BCUT2D eigenvalue weighted by molar-refractivity contribution is 6.25. The van der Waals surface area contributed by atoms with Crippen LogP contribution in [-0.4, -0.2) is 39.0 Å². The number of carbonyl (C=O) groups is 2. The van der Waals surface area contributed by atoms with E-state index < -0.39 is 35.6 Å². The molecule has 1 fully saturated rings. The van der Waals surface area contributed by atoms with E-state index >= 15 is 0 Å². The number of amides is 2. The van der Waals surface area contributed by atoms with Gasteiger partial charge in [0.05, 0.1) is 11.3 Å². The normalized spacial score (nSPS) is 21.2. The SMILES string of the molecule is O=C1[C@@H]2N=NN(Cc3nc(-c4cccc(C(F)(F)F)c4)no3)[C@H]2C(=O)N1c1ccc2c(c1)CCC2. The predicted molar refractivity (Wildman–Crippen MR) is 114 cm³/mol. The molecule has 35 heavy (non-hydrogen) atoms. The number of hydrogen-bond donors (Lipinski definition) is 0. The van der Waals surface area contributed by atoms with Crippen LogP contribution in [-0.2, 0) is 35.2 Å². The fraction of sp³-hybridized carbons (Fsp3) is 0.304. The fourth-order valence-corrected chi connectivity index (χ4v) is 4.72. The van der Waals surface area contributed by atoms with Crippen molar-refractivity contribution >= 4 is 17.5 Å². The standard InChI is InChI=1S/C23H17F3N6O3/c24-23(25,26)15-6-2-5-14(9-15)20-27-17(35-29-20)11-31-19-18(28-30-31)21(33)32(22(19)34)16-8-7-12-3-1-4-13(12)10-16/h2,5-10,18-19H,1,3-4,11H2/t18-,19-/m1/s1. The van der Waals surface area contributed by atoms with Gasteiger partial charge in [-0.05, 0) is 54.7 Å². The first-order valence-corrected chi connectivity index (χ1v) is 11.0. The summed E-state index contributed by atoms with van der Waals surface area (Å²) in [5, 5.41) is 13.0. The molecule has 1 saturated heterocycles. The summed E-state index contributed by atoms with van der Waals surface area (Å²) in [6, 6.07) is 8.20. The van der Waals surface area contributed by atoms with Gasteiger partial charge in [-0.2, -0.15) is 23.3 Å². The van der Waals surface area contributed by atoms with Crippen LogP contribution in [0.4, 0.5) is 18.9 Å². The zero-order valence-corrected chi connectivity index (χ0v) is 18.1. The third-order valence-corrected chi connectivity index (χ3v) is 6.41. The lowest BCUT2D eigenvalue weighted by Crippen LogP contribution is -2.39. The summed E-state index contributed by atoms with van der Waals surface area (Å²) < 4.78 is 44.2. The number of anilines is 1. The Kier molecular flexibility index (Phi) is 4.73. The van der Waals surface area contributed by atoms with Gasteiger partial charge in [0.25, 0.3) is 11.8 Å². The van der Waals surface area contributed by atoms with Crippen molar-refractivity contribution in [1.29, 1.82) is 0 Å². The molecule has 6 rings (SSSR count). The molecule has 3 aliphatic rings. The number of fused-ring (bicyclic) bond motifs is 2. The van der Waals surface area contributed by atoms with Gasteiger partial charge in [-0.15, -0.1) is 0 Å². The van der Waals surface area contributed by atoms with Gasteiger partial charge in [-0.25, -0.2) is 4.90 Å². The lowest BCUT2D eigenvalue weighted by atomic mass is 10.1. The molecule has 0 saturated carbocycles. The van der Waals surface area contributed by atoms with Crippen molar-refractivity contribution in [3.8, 4) is 11.4 Å². The summed E-state index contributed by atoms with van der Waals surface area (Å²) in [6.07, 6.45) is -1.57. The van der Waals surface area contributed by atoms with Gasteiger partial charge in [0, 0.05) is 5.56 Å². The molecule has 1 aromatic heterocycles. The maximum atomic E-state index is 13.2. The van der Waals surface area contributed by atoms with Gasteiger partial charge >= 0.3 is 6.18 Å². The highest BCUT2D eigenvalue weighted by Crippen LogP contribution is 2.35. The number of aryl methyl sites for hydroxylation is 2. The van der Waals surface area contributed by atoms with E-state index in [4.69, 9.17) is 4.52 Å². The Labute approximate surface area is 196 Å². The van der Waals surface area contributed by atoms with Crippen molar-refractivity contribution < 1.29 is 27.3 Å². The molecule has 3 aromatic rings. The van der Waals surface area contributed by atoms with E-state index in [-0.39, 0.29) is 23.8 Å². The molecule has 2 aliphatic heterocycles. The maximum Gasteiger partial charge on any atom is 0.416 e. The average molecular weight is 482 g/mol. The minimum Gasteiger partial charge on any atom is -0.337 e.